The molecule has 1 aromatic heterocycles. The van der Waals surface area contributed by atoms with Crippen molar-refractivity contribution in [2.24, 2.45) is 11.3 Å². The Morgan fingerprint density at radius 1 is 0.925 bits per heavy atom. The molecule has 2 bridgehead atoms. The van der Waals surface area contributed by atoms with Crippen molar-refractivity contribution in [1.29, 1.82) is 0 Å². The SMILES string of the molecule is CNC(=O)Cc1cc2oc(-c3ccc(F)cc3)c(C(=O)NC)c2cc1-c1ccc(F)c(C(=O)CC23CC(C2)C3)c1. The van der Waals surface area contributed by atoms with Gasteiger partial charge in [0.1, 0.15) is 23.0 Å². The number of hydrogen-bond donors (Lipinski definition) is 2. The van der Waals surface area contributed by atoms with Gasteiger partial charge in [0.25, 0.3) is 5.91 Å². The minimum atomic E-state index is -0.581. The monoisotopic (exact) mass is 542 g/mol. The van der Waals surface area contributed by atoms with Gasteiger partial charge in [0.05, 0.1) is 17.5 Å². The largest absolute Gasteiger partial charge is 0.455 e. The van der Waals surface area contributed by atoms with Crippen LogP contribution in [0, 0.1) is 23.0 Å². The van der Waals surface area contributed by atoms with Crippen molar-refractivity contribution in [3.8, 4) is 22.5 Å². The second kappa shape index (κ2) is 9.70. The van der Waals surface area contributed by atoms with E-state index in [2.05, 4.69) is 10.6 Å². The van der Waals surface area contributed by atoms with Crippen molar-refractivity contribution in [2.45, 2.75) is 32.1 Å². The third-order valence-corrected chi connectivity index (χ3v) is 8.38. The van der Waals surface area contributed by atoms with Crippen LogP contribution in [0.25, 0.3) is 33.4 Å². The van der Waals surface area contributed by atoms with Gasteiger partial charge < -0.3 is 15.1 Å². The molecule has 4 aromatic rings. The Morgan fingerprint density at radius 3 is 2.25 bits per heavy atom. The van der Waals surface area contributed by atoms with Gasteiger partial charge in [0.15, 0.2) is 5.78 Å². The van der Waals surface area contributed by atoms with Gasteiger partial charge in [-0.25, -0.2) is 8.78 Å². The fourth-order valence-electron chi connectivity index (χ4n) is 6.23. The molecule has 3 aromatic carbocycles. The Kier molecular flexibility index (Phi) is 6.28. The predicted octanol–water partition coefficient (Wildman–Crippen LogP) is 6.07. The molecule has 204 valence electrons. The number of Topliss-reactive ketones (excluding diaryl/α,β-unsaturated/α-hetero) is 1. The Hall–Kier alpha value is -4.33. The Bertz CT molecular complexity index is 1670. The second-order valence-corrected chi connectivity index (χ2v) is 11.0. The molecule has 3 aliphatic carbocycles. The highest BCUT2D eigenvalue weighted by molar-refractivity contribution is 6.12. The van der Waals surface area contributed by atoms with E-state index in [0.29, 0.717) is 45.6 Å². The number of likely N-dealkylation sites (N-methyl/N-ethyl adjacent to an activating group) is 1. The summed E-state index contributed by atoms with van der Waals surface area (Å²) in [5.74, 6) is -0.914. The number of hydrogen-bond acceptors (Lipinski definition) is 4. The molecule has 7 rings (SSSR count). The molecule has 3 saturated carbocycles. The van der Waals surface area contributed by atoms with Crippen LogP contribution in [0.15, 0.2) is 59.0 Å². The van der Waals surface area contributed by atoms with Gasteiger partial charge in [-0.15, -0.1) is 0 Å². The number of benzene rings is 3. The normalized spacial score (nSPS) is 19.1. The van der Waals surface area contributed by atoms with Gasteiger partial charge in [-0.05, 0) is 95.8 Å². The zero-order chi connectivity index (χ0) is 28.2. The minimum Gasteiger partial charge on any atom is -0.455 e. The zero-order valence-electron chi connectivity index (χ0n) is 22.2. The molecule has 0 atom stereocenters. The summed E-state index contributed by atoms with van der Waals surface area (Å²) in [5, 5.41) is 5.72. The molecule has 3 aliphatic rings. The molecule has 40 heavy (non-hydrogen) atoms. The fraction of sp³-hybridized carbons (Fsp3) is 0.281. The lowest BCUT2D eigenvalue weighted by Crippen LogP contribution is -2.52. The molecule has 2 amide bonds. The van der Waals surface area contributed by atoms with Crippen molar-refractivity contribution in [3.63, 3.8) is 0 Å². The maximum Gasteiger partial charge on any atom is 0.255 e. The minimum absolute atomic E-state index is 0.00514. The number of nitrogens with one attached hydrogen (secondary N) is 2. The molecule has 0 aliphatic heterocycles. The van der Waals surface area contributed by atoms with Crippen LogP contribution in [0.1, 0.15) is 52.0 Å². The van der Waals surface area contributed by atoms with Gasteiger partial charge in [0, 0.05) is 31.5 Å². The van der Waals surface area contributed by atoms with Gasteiger partial charge >= 0.3 is 0 Å². The van der Waals surface area contributed by atoms with E-state index in [0.717, 1.165) is 19.3 Å². The number of ketones is 1. The smallest absolute Gasteiger partial charge is 0.255 e. The number of fused-ring (bicyclic) bond motifs is 1. The van der Waals surface area contributed by atoms with Crippen LogP contribution in [0.2, 0.25) is 0 Å². The summed E-state index contributed by atoms with van der Waals surface area (Å²) >= 11 is 0. The van der Waals surface area contributed by atoms with Crippen LogP contribution in [-0.4, -0.2) is 31.7 Å². The number of rotatable bonds is 8. The quantitative estimate of drug-likeness (QED) is 0.265. The lowest BCUT2D eigenvalue weighted by molar-refractivity contribution is -0.119. The molecule has 6 nitrogen and oxygen atoms in total. The predicted molar refractivity (Wildman–Crippen MR) is 147 cm³/mol. The standard InChI is InChI=1S/C32H28F2N2O4/c1-35-28(38)11-20-10-27-24(29(31(39)36-2)30(40-27)18-3-6-21(33)7-4-18)12-22(20)19-5-8-25(34)23(9-19)26(37)16-32-13-17(14-32)15-32/h3-10,12,17H,11,13-16H2,1-2H3,(H,35,38)(H,36,39). The van der Waals surface area contributed by atoms with E-state index < -0.39 is 17.5 Å². The summed E-state index contributed by atoms with van der Waals surface area (Å²) in [6.45, 7) is 0. The molecule has 2 N–H and O–H groups in total. The first-order chi connectivity index (χ1) is 19.2. The molecule has 0 saturated heterocycles. The average Bonchev–Trinajstić information content (AvgIpc) is 3.28. The van der Waals surface area contributed by atoms with Crippen LogP contribution < -0.4 is 10.6 Å². The topological polar surface area (TPSA) is 88.4 Å². The molecular weight excluding hydrogens is 514 g/mol. The third kappa shape index (κ3) is 4.37. The van der Waals surface area contributed by atoms with E-state index in [1.165, 1.54) is 50.5 Å². The highest BCUT2D eigenvalue weighted by Crippen LogP contribution is 2.66. The second-order valence-electron chi connectivity index (χ2n) is 11.0. The first-order valence-corrected chi connectivity index (χ1v) is 13.3. The summed E-state index contributed by atoms with van der Waals surface area (Å²) < 4.78 is 34.7. The molecule has 3 fully saturated rings. The van der Waals surface area contributed by atoms with Gasteiger partial charge in [0.2, 0.25) is 5.91 Å². The van der Waals surface area contributed by atoms with Gasteiger partial charge in [-0.2, -0.15) is 0 Å². The van der Waals surface area contributed by atoms with Crippen molar-refractivity contribution in [1.82, 2.24) is 10.6 Å². The lowest BCUT2D eigenvalue weighted by atomic mass is 9.43. The zero-order valence-corrected chi connectivity index (χ0v) is 22.2. The number of furan rings is 1. The number of halogens is 2. The number of amides is 2. The lowest BCUT2D eigenvalue weighted by Gasteiger charge is -2.62. The Morgan fingerprint density at radius 2 is 1.62 bits per heavy atom. The first kappa shape index (κ1) is 25.9. The molecular formula is C32H28F2N2O4. The number of carbonyl (C=O) groups excluding carboxylic acids is 3. The van der Waals surface area contributed by atoms with Crippen molar-refractivity contribution in [3.05, 3.63) is 82.9 Å². The van der Waals surface area contributed by atoms with Crippen LogP contribution in [0.3, 0.4) is 0 Å². The highest BCUT2D eigenvalue weighted by Gasteiger charge is 2.57. The summed E-state index contributed by atoms with van der Waals surface area (Å²) in [6.07, 6.45) is 3.43. The molecule has 0 radical (unpaired) electrons. The summed E-state index contributed by atoms with van der Waals surface area (Å²) in [6, 6.07) is 13.4. The highest BCUT2D eigenvalue weighted by atomic mass is 19.1. The van der Waals surface area contributed by atoms with E-state index >= 15 is 0 Å². The maximum absolute atomic E-state index is 14.9. The summed E-state index contributed by atoms with van der Waals surface area (Å²) in [4.78, 5) is 38.7. The van der Waals surface area contributed by atoms with Crippen LogP contribution in [-0.2, 0) is 11.2 Å². The number of carbonyl (C=O) groups is 3. The average molecular weight is 543 g/mol. The molecule has 0 spiro atoms. The van der Waals surface area contributed by atoms with E-state index in [-0.39, 0.29) is 40.4 Å². The summed E-state index contributed by atoms with van der Waals surface area (Å²) in [7, 11) is 3.03. The van der Waals surface area contributed by atoms with E-state index in [4.69, 9.17) is 4.42 Å². The van der Waals surface area contributed by atoms with Crippen molar-refractivity contribution in [2.75, 3.05) is 14.1 Å². The molecule has 8 heteroatoms. The third-order valence-electron chi connectivity index (χ3n) is 8.38. The molecule has 1 heterocycles. The summed E-state index contributed by atoms with van der Waals surface area (Å²) in [5.41, 5.74) is 2.89. The maximum atomic E-state index is 14.9. The van der Waals surface area contributed by atoms with E-state index in [1.54, 1.807) is 18.2 Å². The molecule has 0 unspecified atom stereocenters. The Labute approximate surface area is 229 Å². The van der Waals surface area contributed by atoms with Crippen LogP contribution in [0.5, 0.6) is 0 Å². The van der Waals surface area contributed by atoms with E-state index in [9.17, 15) is 23.2 Å². The Balaban J connectivity index is 1.51. The van der Waals surface area contributed by atoms with E-state index in [1.807, 2.05) is 0 Å². The van der Waals surface area contributed by atoms with Gasteiger partial charge in [-0.3, -0.25) is 14.4 Å². The van der Waals surface area contributed by atoms with Crippen LogP contribution in [0.4, 0.5) is 8.78 Å². The van der Waals surface area contributed by atoms with Crippen molar-refractivity contribution >= 4 is 28.6 Å². The fourth-order valence-corrected chi connectivity index (χ4v) is 6.23. The van der Waals surface area contributed by atoms with Crippen LogP contribution >= 0.6 is 0 Å². The van der Waals surface area contributed by atoms with Crippen molar-refractivity contribution < 1.29 is 27.6 Å². The first-order valence-electron chi connectivity index (χ1n) is 13.3. The van der Waals surface area contributed by atoms with Gasteiger partial charge in [-0.1, -0.05) is 6.07 Å².